The number of fused-ring (bicyclic) bond motifs is 1. The van der Waals surface area contributed by atoms with Gasteiger partial charge >= 0.3 is 0 Å². The predicted octanol–water partition coefficient (Wildman–Crippen LogP) is 4.82. The molecule has 0 aliphatic carbocycles. The molecule has 0 spiro atoms. The van der Waals surface area contributed by atoms with Crippen LogP contribution in [0.15, 0.2) is 72.0 Å². The zero-order valence-electron chi connectivity index (χ0n) is 21.4. The summed E-state index contributed by atoms with van der Waals surface area (Å²) in [5, 5.41) is 17.7. The van der Waals surface area contributed by atoms with Crippen LogP contribution in [-0.2, 0) is 18.9 Å². The number of hydrogen-bond donors (Lipinski definition) is 0. The average molecular weight is 582 g/mol. The first-order valence-corrected chi connectivity index (χ1v) is 13.4. The van der Waals surface area contributed by atoms with Gasteiger partial charge in [0.1, 0.15) is 41.6 Å². The van der Waals surface area contributed by atoms with E-state index in [9.17, 15) is 18.4 Å². The predicted molar refractivity (Wildman–Crippen MR) is 139 cm³/mol. The molecule has 41 heavy (non-hydrogen) atoms. The molecule has 6 rings (SSSR count). The summed E-state index contributed by atoms with van der Waals surface area (Å²) in [5.41, 5.74) is 0.735. The van der Waals surface area contributed by atoms with Crippen LogP contribution in [0.4, 0.5) is 13.2 Å². The molecule has 2 aromatic heterocycles. The van der Waals surface area contributed by atoms with Crippen molar-refractivity contribution in [3.8, 4) is 17.3 Å². The molecule has 2 saturated heterocycles. The van der Waals surface area contributed by atoms with E-state index < -0.39 is 53.5 Å². The van der Waals surface area contributed by atoms with Gasteiger partial charge in [-0.3, -0.25) is 4.98 Å². The van der Waals surface area contributed by atoms with Crippen LogP contribution < -0.4 is 0 Å². The highest BCUT2D eigenvalue weighted by Crippen LogP contribution is 2.44. The van der Waals surface area contributed by atoms with Gasteiger partial charge in [0.2, 0.25) is 0 Å². The van der Waals surface area contributed by atoms with Crippen LogP contribution in [0.1, 0.15) is 23.5 Å². The van der Waals surface area contributed by atoms with Crippen LogP contribution in [-0.4, -0.2) is 57.4 Å². The molecular weight excluding hydrogens is 559 g/mol. The first-order valence-electron chi connectivity index (χ1n) is 12.5. The minimum Gasteiger partial charge on any atom is -0.375 e. The van der Waals surface area contributed by atoms with Crippen molar-refractivity contribution in [1.82, 2.24) is 20.0 Å². The summed E-state index contributed by atoms with van der Waals surface area (Å²) in [6, 6.07) is 14.3. The fourth-order valence-corrected chi connectivity index (χ4v) is 6.12. The lowest BCUT2D eigenvalue weighted by molar-refractivity contribution is -0.308. The maximum Gasteiger partial charge on any atom is 0.194 e. The minimum absolute atomic E-state index is 0.0191. The number of hydrogen-bond acceptors (Lipinski definition) is 9. The van der Waals surface area contributed by atoms with Crippen molar-refractivity contribution < 1.29 is 32.1 Å². The van der Waals surface area contributed by atoms with Gasteiger partial charge in [-0.2, -0.15) is 5.26 Å². The summed E-state index contributed by atoms with van der Waals surface area (Å²) < 4.78 is 67.8. The number of rotatable bonds is 6. The Bertz CT molecular complexity index is 1560. The second-order valence-corrected chi connectivity index (χ2v) is 10.6. The summed E-state index contributed by atoms with van der Waals surface area (Å²) in [6.45, 7) is 0.195. The number of thioether (sulfide) groups is 1. The number of halogens is 3. The Morgan fingerprint density at radius 2 is 1.85 bits per heavy atom. The lowest BCUT2D eigenvalue weighted by atomic mass is 9.95. The maximum absolute atomic E-state index is 14.0. The van der Waals surface area contributed by atoms with E-state index in [-0.39, 0.29) is 17.9 Å². The smallest absolute Gasteiger partial charge is 0.194 e. The Kier molecular flexibility index (Phi) is 7.74. The van der Waals surface area contributed by atoms with Gasteiger partial charge in [0.25, 0.3) is 0 Å². The standard InChI is InChI=1S/C28H22F3N5O4S/c1-37-26-24(36-13-21(34-35-36)17-8-19(29)23(31)20(30)9-17)25-22(14-38-27(40-25)16-5-3-2-4-6-16)39-28(26)41-18-7-15(10-32)11-33-12-18/h2-9,11-13,22,24-28H,14H2,1H3/t22?,24-,25-,26?,27?,28+/m0/s1. The third-order valence-electron chi connectivity index (χ3n) is 6.84. The Hall–Kier alpha value is -3.80. The molecule has 2 aliphatic rings. The molecule has 210 valence electrons. The quantitative estimate of drug-likeness (QED) is 0.297. The Morgan fingerprint density at radius 3 is 2.59 bits per heavy atom. The normalized spacial score (nSPS) is 25.8. The Balaban J connectivity index is 1.37. The molecule has 0 saturated carbocycles. The van der Waals surface area contributed by atoms with E-state index in [1.807, 2.05) is 30.3 Å². The van der Waals surface area contributed by atoms with E-state index in [1.165, 1.54) is 35.9 Å². The molecule has 2 aliphatic heterocycles. The van der Waals surface area contributed by atoms with Gasteiger partial charge in [0, 0.05) is 35.5 Å². The van der Waals surface area contributed by atoms with E-state index in [0.29, 0.717) is 10.5 Å². The van der Waals surface area contributed by atoms with Crippen molar-refractivity contribution in [2.24, 2.45) is 0 Å². The van der Waals surface area contributed by atoms with Gasteiger partial charge in [0.15, 0.2) is 23.7 Å². The summed E-state index contributed by atoms with van der Waals surface area (Å²) in [7, 11) is 1.52. The first-order chi connectivity index (χ1) is 19.9. The molecule has 4 aromatic rings. The van der Waals surface area contributed by atoms with Crippen molar-refractivity contribution in [2.45, 2.75) is 41.0 Å². The van der Waals surface area contributed by atoms with Crippen molar-refractivity contribution in [2.75, 3.05) is 13.7 Å². The zero-order valence-corrected chi connectivity index (χ0v) is 22.2. The van der Waals surface area contributed by atoms with E-state index in [1.54, 1.807) is 12.3 Å². The van der Waals surface area contributed by atoms with Crippen LogP contribution in [0.25, 0.3) is 11.3 Å². The highest BCUT2D eigenvalue weighted by Gasteiger charge is 2.52. The molecule has 0 radical (unpaired) electrons. The van der Waals surface area contributed by atoms with Gasteiger partial charge in [0.05, 0.1) is 18.4 Å². The number of nitrogens with zero attached hydrogens (tertiary/aromatic N) is 5. The van der Waals surface area contributed by atoms with Crippen molar-refractivity contribution in [3.63, 3.8) is 0 Å². The second-order valence-electron chi connectivity index (χ2n) is 9.39. The van der Waals surface area contributed by atoms with Crippen molar-refractivity contribution in [1.29, 1.82) is 5.26 Å². The Labute approximate surface area is 236 Å². The Morgan fingerprint density at radius 1 is 1.07 bits per heavy atom. The minimum atomic E-state index is -1.56. The van der Waals surface area contributed by atoms with Gasteiger partial charge in [-0.15, -0.1) is 5.10 Å². The lowest BCUT2D eigenvalue weighted by Crippen LogP contribution is -2.59. The number of pyridine rings is 1. The van der Waals surface area contributed by atoms with Crippen LogP contribution in [0, 0.1) is 28.8 Å². The number of ether oxygens (including phenoxy) is 4. The molecule has 0 bridgehead atoms. The van der Waals surface area contributed by atoms with Crippen molar-refractivity contribution >= 4 is 11.8 Å². The number of methoxy groups -OCH3 is 1. The molecule has 13 heteroatoms. The number of aromatic nitrogens is 4. The highest BCUT2D eigenvalue weighted by atomic mass is 32.2. The first kappa shape index (κ1) is 27.4. The SMILES string of the molecule is COC1[C@@H](Sc2cncc(C#N)c2)OC2COC(c3ccccc3)O[C@@H]2[C@@H]1n1cc(-c2cc(F)c(F)c(F)c2)nn1. The largest absolute Gasteiger partial charge is 0.375 e. The van der Waals surface area contributed by atoms with Gasteiger partial charge in [-0.05, 0) is 18.2 Å². The summed E-state index contributed by atoms with van der Waals surface area (Å²) in [5.74, 6) is -4.23. The van der Waals surface area contributed by atoms with E-state index in [2.05, 4.69) is 21.4 Å². The second kappa shape index (κ2) is 11.6. The maximum atomic E-state index is 14.0. The summed E-state index contributed by atoms with van der Waals surface area (Å²) in [6.07, 6.45) is 2.04. The van der Waals surface area contributed by atoms with Crippen LogP contribution >= 0.6 is 11.8 Å². The molecule has 2 aromatic carbocycles. The molecule has 9 nitrogen and oxygen atoms in total. The molecule has 6 atom stereocenters. The van der Waals surface area contributed by atoms with Crippen LogP contribution in [0.2, 0.25) is 0 Å². The topological polar surface area (TPSA) is 104 Å². The number of benzene rings is 2. The average Bonchev–Trinajstić information content (AvgIpc) is 3.49. The fourth-order valence-electron chi connectivity index (χ4n) is 4.93. The van der Waals surface area contributed by atoms with E-state index in [0.717, 1.165) is 17.7 Å². The zero-order chi connectivity index (χ0) is 28.5. The van der Waals surface area contributed by atoms with Crippen LogP contribution in [0.3, 0.4) is 0 Å². The molecular formula is C28H22F3N5O4S. The third kappa shape index (κ3) is 5.44. The lowest BCUT2D eigenvalue weighted by Gasteiger charge is -2.48. The molecule has 4 heterocycles. The van der Waals surface area contributed by atoms with Gasteiger partial charge < -0.3 is 18.9 Å². The molecule has 3 unspecified atom stereocenters. The summed E-state index contributed by atoms with van der Waals surface area (Å²) in [4.78, 5) is 4.81. The molecule has 0 amide bonds. The summed E-state index contributed by atoms with van der Waals surface area (Å²) >= 11 is 1.31. The highest BCUT2D eigenvalue weighted by molar-refractivity contribution is 7.99. The van der Waals surface area contributed by atoms with Gasteiger partial charge in [-0.25, -0.2) is 17.9 Å². The third-order valence-corrected chi connectivity index (χ3v) is 7.95. The molecule has 2 fully saturated rings. The van der Waals surface area contributed by atoms with Gasteiger partial charge in [-0.1, -0.05) is 47.3 Å². The van der Waals surface area contributed by atoms with Crippen LogP contribution in [0.5, 0.6) is 0 Å². The monoisotopic (exact) mass is 581 g/mol. The fraction of sp³-hybridized carbons (Fsp3) is 0.286. The number of nitriles is 1. The van der Waals surface area contributed by atoms with E-state index >= 15 is 0 Å². The molecule has 0 N–H and O–H groups in total. The van der Waals surface area contributed by atoms with E-state index in [4.69, 9.17) is 18.9 Å². The van der Waals surface area contributed by atoms with Crippen molar-refractivity contribution in [3.05, 3.63) is 95.7 Å².